The molecule has 2 atom stereocenters. The minimum atomic E-state index is -1.37. The van der Waals surface area contributed by atoms with E-state index in [1.54, 1.807) is 36.4 Å². The number of halogens is 1. The number of para-hydroxylation sites is 1. The first kappa shape index (κ1) is 32.0. The lowest BCUT2D eigenvalue weighted by molar-refractivity contribution is -0.135. The molecule has 2 aliphatic heterocycles. The zero-order chi connectivity index (χ0) is 32.0. The van der Waals surface area contributed by atoms with Gasteiger partial charge in [-0.05, 0) is 79.0 Å². The number of carbonyl (C=O) groups is 2. The smallest absolute Gasteiger partial charge is 0.240 e. The molecule has 0 saturated carbocycles. The molecule has 9 heteroatoms. The Balaban J connectivity index is 1.16. The number of carbonyl (C=O) groups excluding carboxylic acids is 2. The third-order valence-electron chi connectivity index (χ3n) is 9.27. The summed E-state index contributed by atoms with van der Waals surface area (Å²) in [5.74, 6) is 0.439. The highest BCUT2D eigenvalue weighted by Gasteiger charge is 2.32. The molecule has 3 heterocycles. The Labute approximate surface area is 274 Å². The number of piperidine rings is 1. The van der Waals surface area contributed by atoms with Crippen LogP contribution in [0.4, 0.5) is 0 Å². The number of aliphatic hydroxyl groups excluding tert-OH is 1. The maximum atomic E-state index is 14.0. The van der Waals surface area contributed by atoms with E-state index in [2.05, 4.69) is 23.5 Å². The quantitative estimate of drug-likeness (QED) is 0.219. The van der Waals surface area contributed by atoms with Crippen LogP contribution in [-0.2, 0) is 22.6 Å². The van der Waals surface area contributed by atoms with Crippen molar-refractivity contribution in [1.82, 2.24) is 15.1 Å². The zero-order valence-electron chi connectivity index (χ0n) is 25.9. The Morgan fingerprint density at radius 3 is 2.48 bits per heavy atom. The van der Waals surface area contributed by atoms with E-state index in [0.717, 1.165) is 44.2 Å². The Morgan fingerprint density at radius 1 is 0.935 bits per heavy atom. The number of hydrogen-bond acceptors (Lipinski definition) is 6. The molecule has 3 aromatic carbocycles. The molecule has 0 bridgehead atoms. The van der Waals surface area contributed by atoms with Gasteiger partial charge < -0.3 is 19.3 Å². The fraction of sp³-hybridized carbons (Fsp3) is 0.378. The van der Waals surface area contributed by atoms with Gasteiger partial charge in [-0.25, -0.2) is 0 Å². The molecule has 1 unspecified atom stereocenters. The van der Waals surface area contributed by atoms with Gasteiger partial charge >= 0.3 is 0 Å². The van der Waals surface area contributed by atoms with Crippen molar-refractivity contribution in [2.24, 2.45) is 0 Å². The summed E-state index contributed by atoms with van der Waals surface area (Å²) < 4.78 is 5.86. The summed E-state index contributed by atoms with van der Waals surface area (Å²) in [4.78, 5) is 43.3. The van der Waals surface area contributed by atoms with Gasteiger partial charge in [0, 0.05) is 43.7 Å². The van der Waals surface area contributed by atoms with Gasteiger partial charge in [0.1, 0.15) is 5.58 Å². The van der Waals surface area contributed by atoms with Gasteiger partial charge in [0.15, 0.2) is 17.4 Å². The molecule has 8 nitrogen and oxygen atoms in total. The van der Waals surface area contributed by atoms with E-state index in [4.69, 9.17) is 16.0 Å². The van der Waals surface area contributed by atoms with E-state index in [1.807, 2.05) is 28.0 Å². The fourth-order valence-electron chi connectivity index (χ4n) is 6.72. The number of fused-ring (bicyclic) bond motifs is 1. The van der Waals surface area contributed by atoms with Gasteiger partial charge in [0.05, 0.1) is 11.4 Å². The van der Waals surface area contributed by atoms with E-state index in [9.17, 15) is 19.5 Å². The normalized spacial score (nSPS) is 17.6. The highest BCUT2D eigenvalue weighted by atomic mass is 35.5. The lowest BCUT2D eigenvalue weighted by Gasteiger charge is -2.36. The van der Waals surface area contributed by atoms with Crippen LogP contribution < -0.4 is 10.7 Å². The largest absolute Gasteiger partial charge is 0.457 e. The monoisotopic (exact) mass is 641 g/mol. The fourth-order valence-corrected chi connectivity index (χ4v) is 6.85. The number of likely N-dealkylation sites (tertiary alicyclic amines) is 2. The van der Waals surface area contributed by atoms with Crippen LogP contribution in [0.1, 0.15) is 73.1 Å². The van der Waals surface area contributed by atoms with E-state index in [1.165, 1.54) is 17.2 Å². The summed E-state index contributed by atoms with van der Waals surface area (Å²) in [6.45, 7) is 2.57. The molecule has 2 N–H and O–H groups in total. The number of benzene rings is 3. The zero-order valence-corrected chi connectivity index (χ0v) is 26.6. The molecule has 4 aromatic rings. The predicted molar refractivity (Wildman–Crippen MR) is 178 cm³/mol. The predicted octanol–water partition coefficient (Wildman–Crippen LogP) is 5.95. The molecule has 2 aliphatic rings. The SMILES string of the molecule is O=C1CCCCCN1Cc1ccccc1C1CCN(C(=O)[C@H](Cc2ccc(Cl)cc2)NC(O)c2cc(=O)c3ccccc3o2)CC1. The third kappa shape index (κ3) is 7.52. The van der Waals surface area contributed by atoms with Crippen molar-refractivity contribution in [2.45, 2.75) is 69.7 Å². The number of hydrogen-bond donors (Lipinski definition) is 2. The highest BCUT2D eigenvalue weighted by Crippen LogP contribution is 2.32. The maximum absolute atomic E-state index is 14.0. The number of nitrogens with one attached hydrogen (secondary N) is 1. The van der Waals surface area contributed by atoms with Crippen molar-refractivity contribution in [3.63, 3.8) is 0 Å². The van der Waals surface area contributed by atoms with Crippen LogP contribution >= 0.6 is 11.6 Å². The van der Waals surface area contributed by atoms with Gasteiger partial charge in [-0.3, -0.25) is 19.7 Å². The number of nitrogens with zero attached hydrogens (tertiary/aromatic N) is 2. The lowest BCUT2D eigenvalue weighted by Crippen LogP contribution is -2.51. The van der Waals surface area contributed by atoms with Gasteiger partial charge in [-0.2, -0.15) is 0 Å². The van der Waals surface area contributed by atoms with Crippen LogP contribution in [0.25, 0.3) is 11.0 Å². The Kier molecular flexibility index (Phi) is 10.2. The minimum Gasteiger partial charge on any atom is -0.457 e. The summed E-state index contributed by atoms with van der Waals surface area (Å²) in [5, 5.41) is 15.2. The van der Waals surface area contributed by atoms with Crippen molar-refractivity contribution in [3.05, 3.63) is 117 Å². The number of rotatable bonds is 9. The maximum Gasteiger partial charge on any atom is 0.240 e. The standard InChI is InChI=1S/C37H40ClN3O5/c38-28-15-13-25(14-16-28)22-31(39-36(44)34-23-32(42)30-10-5-6-11-33(30)46-34)37(45)40-20-17-26(18-21-40)29-9-4-3-8-27(29)24-41-19-7-1-2-12-35(41)43/h3-6,8-11,13-16,23,26,31,36,39,44H,1-2,7,12,17-22,24H2/t31-,36?/m0/s1. The van der Waals surface area contributed by atoms with Crippen LogP contribution in [0.5, 0.6) is 0 Å². The lowest BCUT2D eigenvalue weighted by atomic mass is 9.86. The van der Waals surface area contributed by atoms with Crippen molar-refractivity contribution >= 4 is 34.4 Å². The molecule has 0 radical (unpaired) electrons. The summed E-state index contributed by atoms with van der Waals surface area (Å²) in [7, 11) is 0. The van der Waals surface area contributed by atoms with E-state index < -0.39 is 12.3 Å². The first-order chi connectivity index (χ1) is 22.4. The van der Waals surface area contributed by atoms with Crippen LogP contribution in [0.3, 0.4) is 0 Å². The van der Waals surface area contributed by atoms with Crippen LogP contribution in [0, 0.1) is 0 Å². The molecular formula is C37H40ClN3O5. The third-order valence-corrected chi connectivity index (χ3v) is 9.52. The second-order valence-electron chi connectivity index (χ2n) is 12.4. The Hall–Kier alpha value is -3.98. The summed E-state index contributed by atoms with van der Waals surface area (Å²) in [6, 6.07) is 23.0. The van der Waals surface area contributed by atoms with Crippen LogP contribution in [-0.4, -0.2) is 52.4 Å². The number of aliphatic hydroxyl groups is 1. The summed E-state index contributed by atoms with van der Waals surface area (Å²) in [6.07, 6.45) is 4.26. The van der Waals surface area contributed by atoms with E-state index in [0.29, 0.717) is 48.5 Å². The second kappa shape index (κ2) is 14.6. The second-order valence-corrected chi connectivity index (χ2v) is 12.8. The van der Waals surface area contributed by atoms with E-state index in [-0.39, 0.29) is 28.9 Å². The van der Waals surface area contributed by atoms with E-state index >= 15 is 0 Å². The molecule has 0 spiro atoms. The van der Waals surface area contributed by atoms with Crippen LogP contribution in [0.2, 0.25) is 5.02 Å². The molecule has 2 saturated heterocycles. The topological polar surface area (TPSA) is 103 Å². The molecule has 2 fully saturated rings. The highest BCUT2D eigenvalue weighted by molar-refractivity contribution is 6.30. The molecular weight excluding hydrogens is 602 g/mol. The van der Waals surface area contributed by atoms with Gasteiger partial charge in [0.2, 0.25) is 11.8 Å². The Bertz CT molecular complexity index is 1730. The first-order valence-electron chi connectivity index (χ1n) is 16.2. The summed E-state index contributed by atoms with van der Waals surface area (Å²) >= 11 is 6.11. The molecule has 46 heavy (non-hydrogen) atoms. The van der Waals surface area contributed by atoms with Gasteiger partial charge in [-0.15, -0.1) is 0 Å². The average Bonchev–Trinajstić information content (AvgIpc) is 3.28. The molecule has 6 rings (SSSR count). The van der Waals surface area contributed by atoms with Crippen molar-refractivity contribution < 1.29 is 19.1 Å². The first-order valence-corrected chi connectivity index (χ1v) is 16.6. The van der Waals surface area contributed by atoms with Crippen molar-refractivity contribution in [2.75, 3.05) is 19.6 Å². The van der Waals surface area contributed by atoms with Crippen LogP contribution in [0.15, 0.2) is 88.1 Å². The number of amides is 2. The van der Waals surface area contributed by atoms with Crippen molar-refractivity contribution in [3.8, 4) is 0 Å². The summed E-state index contributed by atoms with van der Waals surface area (Å²) in [5.41, 5.74) is 3.43. The average molecular weight is 642 g/mol. The van der Waals surface area contributed by atoms with Crippen molar-refractivity contribution in [1.29, 1.82) is 0 Å². The molecule has 2 amide bonds. The molecule has 0 aliphatic carbocycles. The molecule has 1 aromatic heterocycles. The van der Waals surface area contributed by atoms with Gasteiger partial charge in [0.25, 0.3) is 0 Å². The minimum absolute atomic E-state index is 0.0517. The Morgan fingerprint density at radius 2 is 1.67 bits per heavy atom. The molecule has 240 valence electrons. The van der Waals surface area contributed by atoms with Gasteiger partial charge in [-0.1, -0.05) is 66.6 Å².